The topological polar surface area (TPSA) is 47.0 Å². The summed E-state index contributed by atoms with van der Waals surface area (Å²) in [6.45, 7) is 14.1. The number of nitrogens with one attached hydrogen (secondary N) is 1. The highest BCUT2D eigenvalue weighted by Gasteiger charge is 2.32. The lowest BCUT2D eigenvalue weighted by Crippen LogP contribution is -2.29. The molecule has 0 radical (unpaired) electrons. The van der Waals surface area contributed by atoms with E-state index in [0.717, 1.165) is 46.7 Å². The van der Waals surface area contributed by atoms with Gasteiger partial charge in [-0.05, 0) is 56.0 Å². The van der Waals surface area contributed by atoms with Crippen molar-refractivity contribution in [2.75, 3.05) is 12.4 Å². The maximum absolute atomic E-state index is 6.10. The number of nitrogens with zero attached hydrogens (tertiary/aromatic N) is 2. The normalized spacial score (nSPS) is 13.1. The van der Waals surface area contributed by atoms with E-state index in [1.807, 2.05) is 19.1 Å². The summed E-state index contributed by atoms with van der Waals surface area (Å²) in [6.07, 6.45) is 6.16. The maximum Gasteiger partial charge on any atom is 0.131 e. The summed E-state index contributed by atoms with van der Waals surface area (Å²) in [6, 6.07) is 5.86. The van der Waals surface area contributed by atoms with Gasteiger partial charge >= 0.3 is 0 Å². The lowest BCUT2D eigenvalue weighted by molar-refractivity contribution is -0.0239. The third-order valence-corrected chi connectivity index (χ3v) is 4.75. The van der Waals surface area contributed by atoms with Crippen molar-refractivity contribution in [1.29, 1.82) is 0 Å². The molecule has 0 saturated carbocycles. The molecule has 2 rings (SSSR count). The van der Waals surface area contributed by atoms with E-state index in [9.17, 15) is 0 Å². The second-order valence-corrected chi connectivity index (χ2v) is 7.20. The van der Waals surface area contributed by atoms with E-state index in [4.69, 9.17) is 21.3 Å². The predicted octanol–water partition coefficient (Wildman–Crippen LogP) is 6.43. The molecule has 5 heteroatoms. The van der Waals surface area contributed by atoms with E-state index in [2.05, 4.69) is 43.4 Å². The molecule has 0 fully saturated rings. The van der Waals surface area contributed by atoms with E-state index in [1.165, 1.54) is 0 Å². The number of ether oxygens (including phenoxy) is 1. The largest absolute Gasteiger partial charge is 0.372 e. The standard InChI is InChI=1S/C22H28ClN3O/c1-7-9-22(27-6,10-8-2)19-11-16(5)12-21(26-19)25-18-13-20(23)24-14-17(18)15(3)4/h7,11-14H,1,3,8-10H2,2,4-6H3,(H,24,25,26). The molecule has 0 amide bonds. The summed E-state index contributed by atoms with van der Waals surface area (Å²) < 4.78 is 5.94. The number of allylic oxidation sites excluding steroid dienone is 1. The van der Waals surface area contributed by atoms with Gasteiger partial charge in [-0.3, -0.25) is 0 Å². The molecule has 27 heavy (non-hydrogen) atoms. The fourth-order valence-corrected chi connectivity index (χ4v) is 3.40. The van der Waals surface area contributed by atoms with Crippen LogP contribution in [0.15, 0.2) is 43.6 Å². The Labute approximate surface area is 167 Å². The minimum Gasteiger partial charge on any atom is -0.372 e. The molecule has 144 valence electrons. The first-order chi connectivity index (χ1) is 12.8. The highest BCUT2D eigenvalue weighted by Crippen LogP contribution is 2.35. The van der Waals surface area contributed by atoms with Gasteiger partial charge in [0.05, 0.1) is 11.4 Å². The first kappa shape index (κ1) is 21.1. The van der Waals surface area contributed by atoms with Gasteiger partial charge in [0.15, 0.2) is 0 Å². The average molecular weight is 386 g/mol. The Morgan fingerprint density at radius 3 is 2.70 bits per heavy atom. The molecule has 4 nitrogen and oxygen atoms in total. The maximum atomic E-state index is 6.10. The molecule has 1 atom stereocenters. The lowest BCUT2D eigenvalue weighted by atomic mass is 9.89. The Balaban J connectivity index is 2.51. The van der Waals surface area contributed by atoms with Crippen LogP contribution in [0.4, 0.5) is 11.5 Å². The van der Waals surface area contributed by atoms with E-state index in [-0.39, 0.29) is 0 Å². The molecule has 0 aliphatic carbocycles. The summed E-state index contributed by atoms with van der Waals surface area (Å²) in [5.41, 5.74) is 4.15. The fraction of sp³-hybridized carbons (Fsp3) is 0.364. The molecule has 2 aromatic heterocycles. The second-order valence-electron chi connectivity index (χ2n) is 6.81. The lowest BCUT2D eigenvalue weighted by Gasteiger charge is -2.31. The summed E-state index contributed by atoms with van der Waals surface area (Å²) in [5.74, 6) is 0.733. The zero-order chi connectivity index (χ0) is 20.0. The molecule has 2 heterocycles. The highest BCUT2D eigenvalue weighted by atomic mass is 35.5. The van der Waals surface area contributed by atoms with Gasteiger partial charge in [-0.2, -0.15) is 0 Å². The Morgan fingerprint density at radius 2 is 2.11 bits per heavy atom. The quantitative estimate of drug-likeness (QED) is 0.399. The molecule has 0 bridgehead atoms. The van der Waals surface area contributed by atoms with E-state index in [1.54, 1.807) is 19.4 Å². The van der Waals surface area contributed by atoms with Gasteiger partial charge in [0.2, 0.25) is 0 Å². The first-order valence-corrected chi connectivity index (χ1v) is 9.46. The van der Waals surface area contributed by atoms with Crippen LogP contribution < -0.4 is 5.32 Å². The number of hydrogen-bond acceptors (Lipinski definition) is 4. The summed E-state index contributed by atoms with van der Waals surface area (Å²) in [7, 11) is 1.73. The zero-order valence-electron chi connectivity index (χ0n) is 16.6. The minimum atomic E-state index is -0.480. The van der Waals surface area contributed by atoms with Gasteiger partial charge < -0.3 is 10.1 Å². The van der Waals surface area contributed by atoms with E-state index >= 15 is 0 Å². The van der Waals surface area contributed by atoms with Crippen molar-refractivity contribution in [3.8, 4) is 0 Å². The van der Waals surface area contributed by atoms with Crippen molar-refractivity contribution in [1.82, 2.24) is 9.97 Å². The minimum absolute atomic E-state index is 0.416. The summed E-state index contributed by atoms with van der Waals surface area (Å²) >= 11 is 6.10. The number of aryl methyl sites for hydroxylation is 1. The van der Waals surface area contributed by atoms with Gasteiger partial charge in [0.1, 0.15) is 16.6 Å². The Morgan fingerprint density at radius 1 is 1.37 bits per heavy atom. The van der Waals surface area contributed by atoms with Gasteiger partial charge in [0.25, 0.3) is 0 Å². The monoisotopic (exact) mass is 385 g/mol. The van der Waals surface area contributed by atoms with Crippen LogP contribution in [-0.4, -0.2) is 17.1 Å². The van der Waals surface area contributed by atoms with Crippen molar-refractivity contribution >= 4 is 28.7 Å². The van der Waals surface area contributed by atoms with Crippen LogP contribution in [0.25, 0.3) is 5.57 Å². The van der Waals surface area contributed by atoms with Crippen LogP contribution in [0.2, 0.25) is 5.15 Å². The molecule has 0 saturated heterocycles. The third kappa shape index (κ3) is 4.96. The Kier molecular flexibility index (Phi) is 7.17. The molecule has 0 aromatic carbocycles. The van der Waals surface area contributed by atoms with E-state index < -0.39 is 5.60 Å². The number of methoxy groups -OCH3 is 1. The van der Waals surface area contributed by atoms with Crippen LogP contribution in [0.1, 0.15) is 49.9 Å². The molecule has 0 aliphatic rings. The molecule has 1 unspecified atom stereocenters. The Hall–Kier alpha value is -2.17. The number of anilines is 2. The molecular weight excluding hydrogens is 358 g/mol. The van der Waals surface area contributed by atoms with Crippen LogP contribution >= 0.6 is 11.6 Å². The fourth-order valence-electron chi connectivity index (χ4n) is 3.24. The summed E-state index contributed by atoms with van der Waals surface area (Å²) in [5, 5.41) is 3.79. The van der Waals surface area contributed by atoms with Crippen molar-refractivity contribution in [2.45, 2.75) is 45.6 Å². The number of halogens is 1. The first-order valence-electron chi connectivity index (χ1n) is 9.09. The van der Waals surface area contributed by atoms with Crippen molar-refractivity contribution < 1.29 is 4.74 Å². The molecule has 2 aromatic rings. The number of pyridine rings is 2. The van der Waals surface area contributed by atoms with Crippen LogP contribution in [0.5, 0.6) is 0 Å². The molecular formula is C22H28ClN3O. The second kappa shape index (κ2) is 9.16. The van der Waals surface area contributed by atoms with Crippen molar-refractivity contribution in [3.63, 3.8) is 0 Å². The van der Waals surface area contributed by atoms with Gasteiger partial charge in [-0.1, -0.05) is 37.6 Å². The SMILES string of the molecule is C=CCC(CCC)(OC)c1cc(C)cc(Nc2cc(Cl)ncc2C(=C)C)n1. The summed E-state index contributed by atoms with van der Waals surface area (Å²) in [4.78, 5) is 9.01. The number of hydrogen-bond donors (Lipinski definition) is 1. The van der Waals surface area contributed by atoms with Gasteiger partial charge in [-0.15, -0.1) is 6.58 Å². The Bertz CT molecular complexity index is 834. The highest BCUT2D eigenvalue weighted by molar-refractivity contribution is 6.29. The number of aromatic nitrogens is 2. The predicted molar refractivity (Wildman–Crippen MR) is 115 cm³/mol. The number of rotatable bonds is 9. The molecule has 0 spiro atoms. The zero-order valence-corrected chi connectivity index (χ0v) is 17.4. The molecule has 1 N–H and O–H groups in total. The van der Waals surface area contributed by atoms with Crippen LogP contribution in [0, 0.1) is 6.92 Å². The smallest absolute Gasteiger partial charge is 0.131 e. The average Bonchev–Trinajstić information content (AvgIpc) is 2.60. The van der Waals surface area contributed by atoms with Crippen molar-refractivity contribution in [2.24, 2.45) is 0 Å². The molecule has 0 aliphatic heterocycles. The van der Waals surface area contributed by atoms with Gasteiger partial charge in [0, 0.05) is 18.9 Å². The van der Waals surface area contributed by atoms with Crippen molar-refractivity contribution in [3.05, 3.63) is 65.6 Å². The van der Waals surface area contributed by atoms with Crippen LogP contribution in [-0.2, 0) is 10.3 Å². The van der Waals surface area contributed by atoms with Crippen LogP contribution in [0.3, 0.4) is 0 Å². The third-order valence-electron chi connectivity index (χ3n) is 4.55. The van der Waals surface area contributed by atoms with E-state index in [0.29, 0.717) is 11.6 Å². The van der Waals surface area contributed by atoms with Gasteiger partial charge in [-0.25, -0.2) is 9.97 Å².